The fourth-order valence-corrected chi connectivity index (χ4v) is 3.46. The zero-order valence-corrected chi connectivity index (χ0v) is 13.3. The van der Waals surface area contributed by atoms with Crippen molar-refractivity contribution in [2.24, 2.45) is 7.05 Å². The van der Waals surface area contributed by atoms with E-state index < -0.39 is 0 Å². The van der Waals surface area contributed by atoms with E-state index in [4.69, 9.17) is 4.74 Å². The summed E-state index contributed by atoms with van der Waals surface area (Å²) in [6.45, 7) is 1.54. The number of aryl methyl sites for hydroxylation is 2. The minimum absolute atomic E-state index is 0.168. The van der Waals surface area contributed by atoms with E-state index in [1.807, 2.05) is 13.1 Å². The maximum atomic E-state index is 12.5. The van der Waals surface area contributed by atoms with Crippen LogP contribution in [0, 0.1) is 0 Å². The summed E-state index contributed by atoms with van der Waals surface area (Å²) in [6.07, 6.45) is 5.12. The number of carbonyl (C=O) groups excluding carboxylic acids is 1. The maximum absolute atomic E-state index is 12.5. The molecule has 0 spiro atoms. The number of fused-ring (bicyclic) bond motifs is 1. The molecule has 1 saturated heterocycles. The Kier molecular flexibility index (Phi) is 3.65. The van der Waals surface area contributed by atoms with Gasteiger partial charge in [-0.25, -0.2) is 0 Å². The predicted molar refractivity (Wildman–Crippen MR) is 84.6 cm³/mol. The number of rotatable bonds is 3. The molecule has 7 heteroatoms. The predicted octanol–water partition coefficient (Wildman–Crippen LogP) is 1.78. The van der Waals surface area contributed by atoms with Crippen molar-refractivity contribution >= 4 is 11.7 Å². The van der Waals surface area contributed by atoms with E-state index >= 15 is 0 Å². The lowest BCUT2D eigenvalue weighted by atomic mass is 9.99. The van der Waals surface area contributed by atoms with Crippen LogP contribution < -0.4 is 5.32 Å². The number of carbonyl (C=O) groups is 1. The first-order valence-corrected chi connectivity index (χ1v) is 8.21. The highest BCUT2D eigenvalue weighted by Gasteiger charge is 2.25. The minimum Gasteiger partial charge on any atom is -0.381 e. The maximum Gasteiger partial charge on any atom is 0.277 e. The number of hydrogen-bond acceptors (Lipinski definition) is 4. The van der Waals surface area contributed by atoms with Crippen molar-refractivity contribution in [2.45, 2.75) is 38.0 Å². The number of ether oxygens (including phenoxy) is 1. The zero-order valence-electron chi connectivity index (χ0n) is 13.3. The number of anilines is 1. The Morgan fingerprint density at radius 1 is 1.43 bits per heavy atom. The summed E-state index contributed by atoms with van der Waals surface area (Å²) in [5, 5.41) is 14.6. The van der Waals surface area contributed by atoms with E-state index in [0.717, 1.165) is 55.7 Å². The van der Waals surface area contributed by atoms with Crippen LogP contribution in [0.4, 0.5) is 5.82 Å². The van der Waals surface area contributed by atoms with Gasteiger partial charge >= 0.3 is 0 Å². The third-order valence-electron chi connectivity index (χ3n) is 4.74. The number of aromatic nitrogens is 4. The van der Waals surface area contributed by atoms with Crippen molar-refractivity contribution in [3.8, 4) is 0 Å². The van der Waals surface area contributed by atoms with E-state index in [-0.39, 0.29) is 5.91 Å². The van der Waals surface area contributed by atoms with E-state index in [0.29, 0.717) is 24.0 Å². The summed E-state index contributed by atoms with van der Waals surface area (Å²) in [4.78, 5) is 12.5. The summed E-state index contributed by atoms with van der Waals surface area (Å²) in [5.41, 5.74) is 3.65. The highest BCUT2D eigenvalue weighted by molar-refractivity contribution is 6.03. The first-order valence-electron chi connectivity index (χ1n) is 8.21. The molecule has 0 radical (unpaired) electrons. The molecule has 2 aromatic rings. The number of nitrogens with one attached hydrogen (secondary N) is 2. The van der Waals surface area contributed by atoms with Gasteiger partial charge in [0.1, 0.15) is 5.82 Å². The lowest BCUT2D eigenvalue weighted by Crippen LogP contribution is -2.16. The van der Waals surface area contributed by atoms with E-state index in [9.17, 15) is 4.79 Å². The second-order valence-corrected chi connectivity index (χ2v) is 6.33. The molecule has 0 bridgehead atoms. The van der Waals surface area contributed by atoms with Gasteiger partial charge in [0.25, 0.3) is 5.91 Å². The van der Waals surface area contributed by atoms with Crippen molar-refractivity contribution < 1.29 is 9.53 Å². The Morgan fingerprint density at radius 2 is 2.35 bits per heavy atom. The smallest absolute Gasteiger partial charge is 0.277 e. The van der Waals surface area contributed by atoms with Crippen molar-refractivity contribution in [2.75, 3.05) is 18.5 Å². The van der Waals surface area contributed by atoms with Gasteiger partial charge in [-0.1, -0.05) is 0 Å². The molecule has 1 aliphatic carbocycles. The number of hydrogen-bond donors (Lipinski definition) is 2. The lowest BCUT2D eigenvalue weighted by molar-refractivity contribution is 0.0791. The Bertz CT molecular complexity index is 727. The molecule has 1 aliphatic heterocycles. The van der Waals surface area contributed by atoms with Gasteiger partial charge < -0.3 is 10.1 Å². The Labute approximate surface area is 134 Å². The average molecular weight is 315 g/mol. The van der Waals surface area contributed by atoms with Gasteiger partial charge in [0, 0.05) is 36.9 Å². The van der Waals surface area contributed by atoms with Crippen LogP contribution in [0.1, 0.15) is 52.6 Å². The molecule has 1 fully saturated rings. The molecule has 23 heavy (non-hydrogen) atoms. The standard InChI is InChI=1S/C16H21N5O2/c1-21-14(8-13(20-21)10-4-3-7-23-9-10)17-16(22)15-11-5-2-6-12(11)18-19-15/h8,10H,2-7,9H2,1H3,(H,17,22)(H,18,19). The highest BCUT2D eigenvalue weighted by atomic mass is 16.5. The third-order valence-corrected chi connectivity index (χ3v) is 4.74. The number of amides is 1. The van der Waals surface area contributed by atoms with Crippen LogP contribution in [-0.4, -0.2) is 39.1 Å². The monoisotopic (exact) mass is 315 g/mol. The fourth-order valence-electron chi connectivity index (χ4n) is 3.46. The summed E-state index contributed by atoms with van der Waals surface area (Å²) in [7, 11) is 1.85. The molecule has 2 aromatic heterocycles. The topological polar surface area (TPSA) is 84.8 Å². The average Bonchev–Trinajstić information content (AvgIpc) is 3.24. The lowest BCUT2D eigenvalue weighted by Gasteiger charge is -2.19. The molecule has 7 nitrogen and oxygen atoms in total. The second-order valence-electron chi connectivity index (χ2n) is 6.33. The molecular formula is C16H21N5O2. The van der Waals surface area contributed by atoms with E-state index in [2.05, 4.69) is 20.6 Å². The van der Waals surface area contributed by atoms with Crippen molar-refractivity contribution in [3.63, 3.8) is 0 Å². The van der Waals surface area contributed by atoms with Crippen LogP contribution in [0.2, 0.25) is 0 Å². The highest BCUT2D eigenvalue weighted by Crippen LogP contribution is 2.27. The fraction of sp³-hybridized carbons (Fsp3) is 0.562. The summed E-state index contributed by atoms with van der Waals surface area (Å²) < 4.78 is 7.24. The van der Waals surface area contributed by atoms with Crippen LogP contribution in [0.5, 0.6) is 0 Å². The Hall–Kier alpha value is -2.15. The van der Waals surface area contributed by atoms with Gasteiger partial charge in [-0.2, -0.15) is 10.2 Å². The summed E-state index contributed by atoms with van der Waals surface area (Å²) >= 11 is 0. The SMILES string of the molecule is Cn1nc(C2CCCOC2)cc1NC(=O)c1n[nH]c2c1CCC2. The van der Waals surface area contributed by atoms with Crippen LogP contribution >= 0.6 is 0 Å². The number of H-pyrrole nitrogens is 1. The Balaban J connectivity index is 1.52. The molecule has 2 aliphatic rings. The summed E-state index contributed by atoms with van der Waals surface area (Å²) in [5.74, 6) is 0.847. The molecule has 1 atom stereocenters. The second kappa shape index (κ2) is 5.81. The molecule has 1 amide bonds. The van der Waals surface area contributed by atoms with Crippen LogP contribution in [0.15, 0.2) is 6.07 Å². The minimum atomic E-state index is -0.168. The quantitative estimate of drug-likeness (QED) is 0.904. The molecule has 1 unspecified atom stereocenters. The molecule has 4 rings (SSSR count). The summed E-state index contributed by atoms with van der Waals surface area (Å²) in [6, 6.07) is 1.95. The van der Waals surface area contributed by atoms with Gasteiger partial charge in [0.15, 0.2) is 5.69 Å². The first-order chi connectivity index (χ1) is 11.2. The zero-order chi connectivity index (χ0) is 15.8. The van der Waals surface area contributed by atoms with Crippen LogP contribution in [-0.2, 0) is 24.6 Å². The number of aromatic amines is 1. The third kappa shape index (κ3) is 2.65. The van der Waals surface area contributed by atoms with Gasteiger partial charge in [-0.15, -0.1) is 0 Å². The largest absolute Gasteiger partial charge is 0.381 e. The van der Waals surface area contributed by atoms with Crippen molar-refractivity contribution in [3.05, 3.63) is 28.7 Å². The van der Waals surface area contributed by atoms with Gasteiger partial charge in [-0.05, 0) is 32.1 Å². The molecule has 2 N–H and O–H groups in total. The van der Waals surface area contributed by atoms with Gasteiger partial charge in [0.2, 0.25) is 0 Å². The molecule has 0 saturated carbocycles. The van der Waals surface area contributed by atoms with Gasteiger partial charge in [-0.3, -0.25) is 14.6 Å². The molecule has 0 aromatic carbocycles. The van der Waals surface area contributed by atoms with Crippen LogP contribution in [0.3, 0.4) is 0 Å². The molecular weight excluding hydrogens is 294 g/mol. The van der Waals surface area contributed by atoms with E-state index in [1.54, 1.807) is 4.68 Å². The van der Waals surface area contributed by atoms with Gasteiger partial charge in [0.05, 0.1) is 12.3 Å². The Morgan fingerprint density at radius 3 is 3.17 bits per heavy atom. The van der Waals surface area contributed by atoms with Crippen molar-refractivity contribution in [1.82, 2.24) is 20.0 Å². The molecule has 3 heterocycles. The van der Waals surface area contributed by atoms with Crippen LogP contribution in [0.25, 0.3) is 0 Å². The first kappa shape index (κ1) is 14.4. The van der Waals surface area contributed by atoms with E-state index in [1.165, 1.54) is 0 Å². The normalized spacial score (nSPS) is 20.5. The number of nitrogens with zero attached hydrogens (tertiary/aromatic N) is 3. The molecule has 122 valence electrons. The van der Waals surface area contributed by atoms with Crippen molar-refractivity contribution in [1.29, 1.82) is 0 Å².